The molecular weight excluding hydrogens is 680 g/mol. The lowest BCUT2D eigenvalue weighted by molar-refractivity contribution is -0.119. The van der Waals surface area contributed by atoms with E-state index in [2.05, 4.69) is 31.2 Å². The first-order valence-electron chi connectivity index (χ1n) is 16.0. The summed E-state index contributed by atoms with van der Waals surface area (Å²) in [4.78, 5) is 20.1. The van der Waals surface area contributed by atoms with Gasteiger partial charge in [0.05, 0.1) is 21.4 Å². The molecule has 2 aliphatic rings. The van der Waals surface area contributed by atoms with Gasteiger partial charge in [-0.2, -0.15) is 8.78 Å². The smallest absolute Gasteiger partial charge is 0.387 e. The molecule has 9 nitrogen and oxygen atoms in total. The molecule has 4 heterocycles. The highest BCUT2D eigenvalue weighted by Gasteiger charge is 2.22. The molecule has 4 aromatic rings. The quantitative estimate of drug-likeness (QED) is 0.115. The lowest BCUT2D eigenvalue weighted by Crippen LogP contribution is -2.35. The number of anilines is 2. The number of alkyl halides is 2. The van der Waals surface area contributed by atoms with Crippen LogP contribution >= 0.6 is 23.2 Å². The summed E-state index contributed by atoms with van der Waals surface area (Å²) in [6, 6.07) is 13.7. The molecule has 2 aromatic carbocycles. The summed E-state index contributed by atoms with van der Waals surface area (Å²) < 4.78 is 52.6. The number of carbonyl (C=O) groups is 1. The second-order valence-electron chi connectivity index (χ2n) is 11.8. The third-order valence-corrected chi connectivity index (χ3v) is 9.34. The molecule has 1 amide bonds. The highest BCUT2D eigenvalue weighted by Crippen LogP contribution is 2.42. The predicted molar refractivity (Wildman–Crippen MR) is 183 cm³/mol. The Bertz CT molecular complexity index is 1790. The summed E-state index contributed by atoms with van der Waals surface area (Å²) in [6.45, 7) is -0.593. The number of rotatable bonds is 13. The third kappa shape index (κ3) is 8.63. The fraction of sp³-hybridized carbons (Fsp3) is 0.343. The lowest BCUT2D eigenvalue weighted by Gasteiger charge is -2.23. The van der Waals surface area contributed by atoms with E-state index in [0.717, 1.165) is 12.8 Å². The van der Waals surface area contributed by atoms with E-state index >= 15 is 4.39 Å². The summed E-state index contributed by atoms with van der Waals surface area (Å²) in [5.74, 6) is -0.485. The van der Waals surface area contributed by atoms with Crippen molar-refractivity contribution >= 4 is 40.6 Å². The van der Waals surface area contributed by atoms with Crippen molar-refractivity contribution in [3.63, 3.8) is 0 Å². The van der Waals surface area contributed by atoms with Crippen LogP contribution in [0.3, 0.4) is 0 Å². The van der Waals surface area contributed by atoms with Crippen LogP contribution < -0.4 is 26.0 Å². The van der Waals surface area contributed by atoms with E-state index in [1.165, 1.54) is 6.07 Å². The monoisotopic (exact) mass is 714 g/mol. The van der Waals surface area contributed by atoms with Crippen molar-refractivity contribution in [3.05, 3.63) is 87.9 Å². The van der Waals surface area contributed by atoms with Gasteiger partial charge in [-0.05, 0) is 43.5 Å². The van der Waals surface area contributed by atoms with Gasteiger partial charge in [-0.3, -0.25) is 9.78 Å². The molecule has 0 saturated carbocycles. The van der Waals surface area contributed by atoms with Crippen LogP contribution in [0, 0.1) is 5.82 Å². The average Bonchev–Trinajstić information content (AvgIpc) is 3.51. The highest BCUT2D eigenvalue weighted by molar-refractivity contribution is 6.39. The Labute approximate surface area is 291 Å². The largest absolute Gasteiger partial charge is 0.434 e. The summed E-state index contributed by atoms with van der Waals surface area (Å²) in [6.07, 6.45) is 6.01. The third-order valence-electron chi connectivity index (χ3n) is 8.55. The second kappa shape index (κ2) is 16.2. The summed E-state index contributed by atoms with van der Waals surface area (Å²) >= 11 is 13.8. The molecule has 2 fully saturated rings. The van der Waals surface area contributed by atoms with Crippen molar-refractivity contribution in [1.82, 2.24) is 25.9 Å². The van der Waals surface area contributed by atoms with Crippen molar-refractivity contribution < 1.29 is 27.4 Å². The van der Waals surface area contributed by atoms with Gasteiger partial charge in [0.25, 0.3) is 0 Å². The first kappa shape index (κ1) is 34.9. The number of ether oxygens (including phenoxy) is 2. The SMILES string of the molecule is O=C1CC[C@@H](CNCc2ccc(-c3nccc(-c4cccc(Nc5nccc(CNC6CCOCC6)c5F)c4Cl)c3Cl)cc2OC(F)F)N1. The minimum absolute atomic E-state index is 0.000682. The van der Waals surface area contributed by atoms with Gasteiger partial charge in [-0.1, -0.05) is 47.5 Å². The first-order chi connectivity index (χ1) is 23.8. The Morgan fingerprint density at radius 1 is 0.959 bits per heavy atom. The van der Waals surface area contributed by atoms with E-state index in [0.29, 0.717) is 78.3 Å². The molecule has 258 valence electrons. The number of hydrogen-bond acceptors (Lipinski definition) is 8. The zero-order valence-corrected chi connectivity index (χ0v) is 27.9. The predicted octanol–water partition coefficient (Wildman–Crippen LogP) is 7.24. The van der Waals surface area contributed by atoms with E-state index in [1.54, 1.807) is 54.9 Å². The molecule has 0 unspecified atom stereocenters. The zero-order chi connectivity index (χ0) is 34.3. The molecule has 4 N–H and O–H groups in total. The van der Waals surface area contributed by atoms with Crippen molar-refractivity contribution in [1.29, 1.82) is 0 Å². The lowest BCUT2D eigenvalue weighted by atomic mass is 10.0. The number of hydrogen-bond donors (Lipinski definition) is 4. The molecule has 0 aliphatic carbocycles. The van der Waals surface area contributed by atoms with Gasteiger partial charge in [-0.25, -0.2) is 9.37 Å². The normalized spacial score (nSPS) is 16.6. The number of halogens is 5. The van der Waals surface area contributed by atoms with Crippen LogP contribution in [-0.2, 0) is 22.6 Å². The van der Waals surface area contributed by atoms with E-state index in [1.807, 2.05) is 0 Å². The molecular formula is C35H35Cl2F3N6O3. The zero-order valence-electron chi connectivity index (χ0n) is 26.4. The summed E-state index contributed by atoms with van der Waals surface area (Å²) in [5.41, 5.74) is 3.25. The van der Waals surface area contributed by atoms with Crippen LogP contribution in [0.15, 0.2) is 60.9 Å². The van der Waals surface area contributed by atoms with Crippen LogP contribution in [0.4, 0.5) is 24.7 Å². The molecule has 2 aromatic heterocycles. The Hall–Kier alpha value is -3.94. The summed E-state index contributed by atoms with van der Waals surface area (Å²) in [7, 11) is 0. The molecule has 2 aliphatic heterocycles. The fourth-order valence-corrected chi connectivity index (χ4v) is 6.54. The fourth-order valence-electron chi connectivity index (χ4n) is 5.95. The highest BCUT2D eigenvalue weighted by atomic mass is 35.5. The molecule has 49 heavy (non-hydrogen) atoms. The minimum atomic E-state index is -3.05. The Morgan fingerprint density at radius 3 is 2.53 bits per heavy atom. The number of nitrogens with zero attached hydrogens (tertiary/aromatic N) is 2. The molecule has 0 bridgehead atoms. The molecule has 2 saturated heterocycles. The van der Waals surface area contributed by atoms with Crippen molar-refractivity contribution in [2.75, 3.05) is 25.1 Å². The topological polar surface area (TPSA) is 109 Å². The van der Waals surface area contributed by atoms with Crippen LogP contribution in [0.5, 0.6) is 5.75 Å². The Balaban J connectivity index is 1.21. The van der Waals surface area contributed by atoms with Gasteiger partial charge in [0.1, 0.15) is 5.75 Å². The van der Waals surface area contributed by atoms with Gasteiger partial charge in [-0.15, -0.1) is 0 Å². The van der Waals surface area contributed by atoms with Crippen molar-refractivity contribution in [2.24, 2.45) is 0 Å². The number of aromatic nitrogens is 2. The van der Waals surface area contributed by atoms with Crippen LogP contribution in [0.25, 0.3) is 22.4 Å². The maximum atomic E-state index is 15.5. The van der Waals surface area contributed by atoms with Crippen LogP contribution in [0.1, 0.15) is 36.8 Å². The Morgan fingerprint density at radius 2 is 1.76 bits per heavy atom. The van der Waals surface area contributed by atoms with Crippen LogP contribution in [-0.4, -0.2) is 54.3 Å². The molecule has 14 heteroatoms. The standard InChI is InChI=1S/C35H35Cl2F3N6O3/c36-30-25(2-1-3-27(30)46-34-32(38)22(8-12-43-34)18-44-23-10-14-48-15-11-23)26-9-13-42-33(31(26)37)20-4-5-21(28(16-20)49-35(39)40)17-41-19-24-6-7-29(47)45-24/h1-5,8-9,12-13,16,23-24,35,41,44H,6-7,10-11,14-15,17-19H2,(H,43,46)(H,45,47)/t24-/m0/s1. The van der Waals surface area contributed by atoms with E-state index in [4.69, 9.17) is 32.7 Å². The number of benzene rings is 2. The summed E-state index contributed by atoms with van der Waals surface area (Å²) in [5, 5.41) is 13.0. The second-order valence-corrected chi connectivity index (χ2v) is 12.6. The molecule has 0 radical (unpaired) electrons. The van der Waals surface area contributed by atoms with E-state index < -0.39 is 12.4 Å². The maximum Gasteiger partial charge on any atom is 0.387 e. The van der Waals surface area contributed by atoms with Gasteiger partial charge < -0.3 is 30.7 Å². The van der Waals surface area contributed by atoms with Crippen molar-refractivity contribution in [3.8, 4) is 28.1 Å². The maximum absolute atomic E-state index is 15.5. The molecule has 6 rings (SSSR count). The van der Waals surface area contributed by atoms with Gasteiger partial charge >= 0.3 is 6.61 Å². The number of carbonyl (C=O) groups excluding carboxylic acids is 1. The van der Waals surface area contributed by atoms with Gasteiger partial charge in [0.15, 0.2) is 11.6 Å². The number of amides is 1. The minimum Gasteiger partial charge on any atom is -0.434 e. The number of nitrogens with one attached hydrogen (secondary N) is 4. The van der Waals surface area contributed by atoms with Gasteiger partial charge in [0, 0.05) is 91.6 Å². The molecule has 0 spiro atoms. The van der Waals surface area contributed by atoms with Crippen LogP contribution in [0.2, 0.25) is 10.0 Å². The van der Waals surface area contributed by atoms with E-state index in [-0.39, 0.29) is 46.1 Å². The van der Waals surface area contributed by atoms with Gasteiger partial charge in [0.2, 0.25) is 5.91 Å². The molecule has 1 atom stereocenters. The first-order valence-corrected chi connectivity index (χ1v) is 16.8. The van der Waals surface area contributed by atoms with Crippen molar-refractivity contribution in [2.45, 2.75) is 57.5 Å². The number of pyridine rings is 2. The van der Waals surface area contributed by atoms with E-state index in [9.17, 15) is 13.6 Å². The average molecular weight is 716 g/mol. The Kier molecular flexibility index (Phi) is 11.5.